The molecule has 1 aromatic carbocycles. The first-order valence-electron chi connectivity index (χ1n) is 7.73. The van der Waals surface area contributed by atoms with Crippen LogP contribution in [0.15, 0.2) is 24.3 Å². The predicted molar refractivity (Wildman–Crippen MR) is 83.8 cm³/mol. The van der Waals surface area contributed by atoms with Crippen LogP contribution in [0, 0.1) is 12.8 Å². The number of nitrogens with zero attached hydrogens (tertiary/aromatic N) is 1. The molecule has 1 aliphatic carbocycles. The minimum atomic E-state index is 0.130. The number of likely N-dealkylation sites (N-methyl/N-ethyl adjacent to an activating group) is 1. The van der Waals surface area contributed by atoms with Crippen molar-refractivity contribution in [2.24, 2.45) is 11.7 Å². The fourth-order valence-electron chi connectivity index (χ4n) is 2.21. The van der Waals surface area contributed by atoms with Gasteiger partial charge in [0.05, 0.1) is 6.61 Å². The van der Waals surface area contributed by atoms with Gasteiger partial charge in [0.15, 0.2) is 0 Å². The molecule has 3 nitrogen and oxygen atoms in total. The predicted octanol–water partition coefficient (Wildman–Crippen LogP) is 2.74. The molecule has 0 saturated heterocycles. The smallest absolute Gasteiger partial charge is 0.0593 e. The number of ether oxygens (including phenoxy) is 1. The first-order valence-corrected chi connectivity index (χ1v) is 7.73. The van der Waals surface area contributed by atoms with Crippen LogP contribution in [0.25, 0.3) is 0 Å². The molecule has 2 rings (SSSR count). The van der Waals surface area contributed by atoms with Crippen molar-refractivity contribution < 1.29 is 4.74 Å². The second-order valence-corrected chi connectivity index (χ2v) is 6.13. The molecule has 1 aliphatic rings. The summed E-state index contributed by atoms with van der Waals surface area (Å²) in [6.45, 7) is 5.91. The van der Waals surface area contributed by atoms with E-state index in [9.17, 15) is 0 Å². The maximum atomic E-state index is 6.24. The van der Waals surface area contributed by atoms with Gasteiger partial charge >= 0.3 is 0 Å². The van der Waals surface area contributed by atoms with Crippen LogP contribution in [0.3, 0.4) is 0 Å². The Hall–Kier alpha value is -0.900. The Morgan fingerprint density at radius 3 is 2.60 bits per heavy atom. The van der Waals surface area contributed by atoms with E-state index in [0.29, 0.717) is 0 Å². The third-order valence-electron chi connectivity index (χ3n) is 4.00. The van der Waals surface area contributed by atoms with Crippen LogP contribution in [0.2, 0.25) is 0 Å². The lowest BCUT2D eigenvalue weighted by atomic mass is 10.0. The first-order chi connectivity index (χ1) is 9.65. The van der Waals surface area contributed by atoms with Crippen molar-refractivity contribution in [1.82, 2.24) is 4.90 Å². The van der Waals surface area contributed by atoms with Crippen LogP contribution < -0.4 is 5.73 Å². The zero-order chi connectivity index (χ0) is 14.4. The molecule has 20 heavy (non-hydrogen) atoms. The van der Waals surface area contributed by atoms with E-state index in [4.69, 9.17) is 10.5 Å². The molecular formula is C17H28N2O. The molecule has 0 spiro atoms. The minimum absolute atomic E-state index is 0.130. The van der Waals surface area contributed by atoms with Crippen molar-refractivity contribution >= 4 is 0 Å². The summed E-state index contributed by atoms with van der Waals surface area (Å²) in [5.41, 5.74) is 8.75. The fourth-order valence-corrected chi connectivity index (χ4v) is 2.21. The van der Waals surface area contributed by atoms with Crippen LogP contribution >= 0.6 is 0 Å². The molecule has 0 amide bonds. The monoisotopic (exact) mass is 276 g/mol. The molecule has 1 aromatic rings. The highest BCUT2D eigenvalue weighted by Gasteiger charge is 2.20. The van der Waals surface area contributed by atoms with Crippen LogP contribution in [0.4, 0.5) is 0 Å². The van der Waals surface area contributed by atoms with Gasteiger partial charge in [-0.2, -0.15) is 0 Å². The van der Waals surface area contributed by atoms with E-state index in [-0.39, 0.29) is 6.04 Å². The average Bonchev–Trinajstić information content (AvgIpc) is 3.26. The Labute approximate surface area is 123 Å². The van der Waals surface area contributed by atoms with Crippen molar-refractivity contribution in [1.29, 1.82) is 0 Å². The summed E-state index contributed by atoms with van der Waals surface area (Å²) < 4.78 is 5.66. The van der Waals surface area contributed by atoms with Gasteiger partial charge in [-0.05, 0) is 51.3 Å². The van der Waals surface area contributed by atoms with Gasteiger partial charge in [-0.15, -0.1) is 0 Å². The number of hydrogen-bond acceptors (Lipinski definition) is 3. The third-order valence-corrected chi connectivity index (χ3v) is 4.00. The molecule has 1 saturated carbocycles. The standard InChI is InChI=1S/C17H28N2O/c1-14-3-7-16(8-4-14)17(18)9-10-19(2)11-12-20-13-15-5-6-15/h3-4,7-8,15,17H,5-6,9-13,18H2,1-2H3. The second-order valence-electron chi connectivity index (χ2n) is 6.13. The fraction of sp³-hybridized carbons (Fsp3) is 0.647. The Balaban J connectivity index is 1.59. The van der Waals surface area contributed by atoms with Crippen molar-refractivity contribution in [3.63, 3.8) is 0 Å². The zero-order valence-electron chi connectivity index (χ0n) is 12.8. The van der Waals surface area contributed by atoms with E-state index in [0.717, 1.165) is 38.6 Å². The molecule has 3 heteroatoms. The molecule has 1 atom stereocenters. The molecule has 0 heterocycles. The van der Waals surface area contributed by atoms with E-state index in [1.807, 2.05) is 0 Å². The highest BCUT2D eigenvalue weighted by molar-refractivity contribution is 5.23. The van der Waals surface area contributed by atoms with E-state index in [1.54, 1.807) is 0 Å². The van der Waals surface area contributed by atoms with Crippen LogP contribution in [-0.2, 0) is 4.74 Å². The maximum Gasteiger partial charge on any atom is 0.0593 e. The SMILES string of the molecule is Cc1ccc(C(N)CCN(C)CCOCC2CC2)cc1. The van der Waals surface area contributed by atoms with E-state index in [2.05, 4.69) is 43.1 Å². The molecule has 0 aromatic heterocycles. The Morgan fingerprint density at radius 2 is 1.95 bits per heavy atom. The normalized spacial score (nSPS) is 16.6. The zero-order valence-corrected chi connectivity index (χ0v) is 12.8. The largest absolute Gasteiger partial charge is 0.380 e. The molecule has 1 fully saturated rings. The Morgan fingerprint density at radius 1 is 1.25 bits per heavy atom. The van der Waals surface area contributed by atoms with Gasteiger partial charge in [0.25, 0.3) is 0 Å². The summed E-state index contributed by atoms with van der Waals surface area (Å²) in [5, 5.41) is 0. The van der Waals surface area contributed by atoms with Gasteiger partial charge in [0, 0.05) is 19.2 Å². The highest BCUT2D eigenvalue weighted by atomic mass is 16.5. The van der Waals surface area contributed by atoms with Crippen molar-refractivity contribution in [3.8, 4) is 0 Å². The summed E-state index contributed by atoms with van der Waals surface area (Å²) in [6.07, 6.45) is 3.71. The van der Waals surface area contributed by atoms with Gasteiger partial charge in [0.2, 0.25) is 0 Å². The third kappa shape index (κ3) is 5.61. The van der Waals surface area contributed by atoms with Crippen LogP contribution in [-0.4, -0.2) is 38.3 Å². The van der Waals surface area contributed by atoms with Gasteiger partial charge in [-0.25, -0.2) is 0 Å². The quantitative estimate of drug-likeness (QED) is 0.705. The van der Waals surface area contributed by atoms with Gasteiger partial charge in [-0.3, -0.25) is 0 Å². The molecule has 112 valence electrons. The molecule has 1 unspecified atom stereocenters. The number of nitrogens with two attached hydrogens (primary N) is 1. The summed E-state index contributed by atoms with van der Waals surface area (Å²) >= 11 is 0. The Kier molecular flexibility index (Phi) is 6.02. The second kappa shape index (κ2) is 7.77. The van der Waals surface area contributed by atoms with E-state index < -0.39 is 0 Å². The van der Waals surface area contributed by atoms with Gasteiger partial charge < -0.3 is 15.4 Å². The van der Waals surface area contributed by atoms with E-state index >= 15 is 0 Å². The van der Waals surface area contributed by atoms with Crippen molar-refractivity contribution in [2.75, 3.05) is 33.4 Å². The molecule has 2 N–H and O–H groups in total. The van der Waals surface area contributed by atoms with Crippen molar-refractivity contribution in [2.45, 2.75) is 32.2 Å². The maximum absolute atomic E-state index is 6.24. The lowest BCUT2D eigenvalue weighted by Gasteiger charge is -2.19. The topological polar surface area (TPSA) is 38.5 Å². The summed E-state index contributed by atoms with van der Waals surface area (Å²) in [5.74, 6) is 0.857. The lowest BCUT2D eigenvalue weighted by Crippen LogP contribution is -2.27. The number of aryl methyl sites for hydroxylation is 1. The van der Waals surface area contributed by atoms with Crippen LogP contribution in [0.5, 0.6) is 0 Å². The van der Waals surface area contributed by atoms with Crippen LogP contribution in [0.1, 0.15) is 36.4 Å². The lowest BCUT2D eigenvalue weighted by molar-refractivity contribution is 0.103. The minimum Gasteiger partial charge on any atom is -0.380 e. The summed E-state index contributed by atoms with van der Waals surface area (Å²) in [7, 11) is 2.14. The van der Waals surface area contributed by atoms with E-state index in [1.165, 1.54) is 24.0 Å². The summed E-state index contributed by atoms with van der Waals surface area (Å²) in [4.78, 5) is 2.31. The van der Waals surface area contributed by atoms with Gasteiger partial charge in [-0.1, -0.05) is 29.8 Å². The number of rotatable bonds is 9. The molecule has 0 radical (unpaired) electrons. The first kappa shape index (κ1) is 15.5. The molecule has 0 aliphatic heterocycles. The number of benzene rings is 1. The summed E-state index contributed by atoms with van der Waals surface area (Å²) in [6, 6.07) is 8.66. The molecular weight excluding hydrogens is 248 g/mol. The van der Waals surface area contributed by atoms with Crippen molar-refractivity contribution in [3.05, 3.63) is 35.4 Å². The Bertz CT molecular complexity index is 386. The van der Waals surface area contributed by atoms with Gasteiger partial charge in [0.1, 0.15) is 0 Å². The number of hydrogen-bond donors (Lipinski definition) is 1. The molecule has 0 bridgehead atoms. The highest BCUT2D eigenvalue weighted by Crippen LogP contribution is 2.28. The average molecular weight is 276 g/mol.